The molecule has 3 aromatic rings. The van der Waals surface area contributed by atoms with Crippen LogP contribution in [-0.4, -0.2) is 39.8 Å². The SMILES string of the molecule is CCOc1c(Cl)cc(/C=C/C(=O)Nc2cccc(-c3nnnn3C)c2)cc1OC. The number of carbonyl (C=O) groups excluding carboxylic acids is 1. The number of amides is 1. The Morgan fingerprint density at radius 3 is 2.83 bits per heavy atom. The van der Waals surface area contributed by atoms with Crippen LogP contribution >= 0.6 is 11.6 Å². The number of benzene rings is 2. The van der Waals surface area contributed by atoms with Gasteiger partial charge in [-0.05, 0) is 53.3 Å². The van der Waals surface area contributed by atoms with E-state index in [0.29, 0.717) is 40.2 Å². The van der Waals surface area contributed by atoms with Crippen molar-refractivity contribution in [1.82, 2.24) is 20.2 Å². The number of nitrogens with one attached hydrogen (secondary N) is 1. The quantitative estimate of drug-likeness (QED) is 0.595. The molecule has 0 bridgehead atoms. The van der Waals surface area contributed by atoms with Crippen LogP contribution in [0.1, 0.15) is 12.5 Å². The molecular weight excluding hydrogens is 394 g/mol. The molecule has 0 saturated heterocycles. The van der Waals surface area contributed by atoms with E-state index in [9.17, 15) is 4.79 Å². The van der Waals surface area contributed by atoms with Gasteiger partial charge in [0.1, 0.15) is 0 Å². The highest BCUT2D eigenvalue weighted by molar-refractivity contribution is 6.32. The smallest absolute Gasteiger partial charge is 0.248 e. The molecule has 0 aliphatic heterocycles. The van der Waals surface area contributed by atoms with Gasteiger partial charge in [0, 0.05) is 24.4 Å². The van der Waals surface area contributed by atoms with E-state index in [1.807, 2.05) is 19.1 Å². The zero-order valence-electron chi connectivity index (χ0n) is 16.2. The number of anilines is 1. The number of aryl methyl sites for hydroxylation is 1. The number of hydrogen-bond acceptors (Lipinski definition) is 6. The molecule has 1 heterocycles. The average Bonchev–Trinajstić information content (AvgIpc) is 3.14. The summed E-state index contributed by atoms with van der Waals surface area (Å²) in [6, 6.07) is 10.7. The molecule has 150 valence electrons. The van der Waals surface area contributed by atoms with Crippen molar-refractivity contribution in [2.75, 3.05) is 19.0 Å². The molecule has 1 amide bonds. The first-order valence-electron chi connectivity index (χ1n) is 8.84. The third kappa shape index (κ3) is 4.91. The molecule has 0 fully saturated rings. The summed E-state index contributed by atoms with van der Waals surface area (Å²) in [5.74, 6) is 1.30. The minimum absolute atomic E-state index is 0.290. The zero-order chi connectivity index (χ0) is 20.8. The predicted octanol–water partition coefficient (Wildman–Crippen LogP) is 3.59. The van der Waals surface area contributed by atoms with Crippen LogP contribution in [0.4, 0.5) is 5.69 Å². The summed E-state index contributed by atoms with van der Waals surface area (Å²) in [5, 5.41) is 14.6. The van der Waals surface area contributed by atoms with Crippen LogP contribution in [0.3, 0.4) is 0 Å². The number of halogens is 1. The second kappa shape index (κ2) is 9.20. The van der Waals surface area contributed by atoms with Gasteiger partial charge < -0.3 is 14.8 Å². The number of hydrogen-bond donors (Lipinski definition) is 1. The Bertz CT molecular complexity index is 1050. The molecule has 0 aliphatic rings. The molecular formula is C20H20ClN5O3. The van der Waals surface area contributed by atoms with E-state index in [1.54, 1.807) is 42.1 Å². The maximum absolute atomic E-state index is 12.3. The maximum Gasteiger partial charge on any atom is 0.248 e. The zero-order valence-corrected chi connectivity index (χ0v) is 17.0. The van der Waals surface area contributed by atoms with E-state index in [1.165, 1.54) is 13.2 Å². The minimum Gasteiger partial charge on any atom is -0.493 e. The molecule has 1 N–H and O–H groups in total. The number of tetrazole rings is 1. The molecule has 1 aromatic heterocycles. The van der Waals surface area contributed by atoms with Gasteiger partial charge >= 0.3 is 0 Å². The normalized spacial score (nSPS) is 10.9. The van der Waals surface area contributed by atoms with E-state index in [2.05, 4.69) is 20.8 Å². The minimum atomic E-state index is -0.290. The predicted molar refractivity (Wildman–Crippen MR) is 111 cm³/mol. The van der Waals surface area contributed by atoms with Crippen molar-refractivity contribution in [2.45, 2.75) is 6.92 Å². The lowest BCUT2D eigenvalue weighted by molar-refractivity contribution is -0.111. The van der Waals surface area contributed by atoms with Crippen molar-refractivity contribution >= 4 is 29.3 Å². The van der Waals surface area contributed by atoms with Gasteiger partial charge in [-0.25, -0.2) is 4.68 Å². The van der Waals surface area contributed by atoms with Crippen molar-refractivity contribution in [3.05, 3.63) is 53.1 Å². The number of aromatic nitrogens is 4. The second-order valence-electron chi connectivity index (χ2n) is 6.00. The molecule has 0 atom stereocenters. The van der Waals surface area contributed by atoms with Gasteiger partial charge in [0.2, 0.25) is 5.91 Å². The Hall–Kier alpha value is -3.39. The van der Waals surface area contributed by atoms with Gasteiger partial charge in [-0.1, -0.05) is 23.7 Å². The fraction of sp³-hybridized carbons (Fsp3) is 0.200. The Morgan fingerprint density at radius 2 is 2.14 bits per heavy atom. The average molecular weight is 414 g/mol. The Balaban J connectivity index is 1.74. The van der Waals surface area contributed by atoms with E-state index in [0.717, 1.165) is 5.56 Å². The molecule has 0 aliphatic carbocycles. The molecule has 0 unspecified atom stereocenters. The summed E-state index contributed by atoms with van der Waals surface area (Å²) in [4.78, 5) is 12.3. The fourth-order valence-corrected chi connectivity index (χ4v) is 2.96. The Morgan fingerprint density at radius 1 is 1.31 bits per heavy atom. The molecule has 8 nitrogen and oxygen atoms in total. The maximum atomic E-state index is 12.3. The second-order valence-corrected chi connectivity index (χ2v) is 6.40. The third-order valence-corrected chi connectivity index (χ3v) is 4.26. The molecule has 0 saturated carbocycles. The summed E-state index contributed by atoms with van der Waals surface area (Å²) in [5.41, 5.74) is 2.13. The molecule has 2 aromatic carbocycles. The van der Waals surface area contributed by atoms with Crippen LogP contribution in [0.5, 0.6) is 11.5 Å². The van der Waals surface area contributed by atoms with E-state index in [4.69, 9.17) is 21.1 Å². The first kappa shape index (κ1) is 20.3. The number of rotatable bonds is 7. The molecule has 9 heteroatoms. The first-order chi connectivity index (χ1) is 14.0. The van der Waals surface area contributed by atoms with Crippen molar-refractivity contribution < 1.29 is 14.3 Å². The summed E-state index contributed by atoms with van der Waals surface area (Å²) in [6.45, 7) is 2.33. The highest BCUT2D eigenvalue weighted by atomic mass is 35.5. The topological polar surface area (TPSA) is 91.2 Å². The number of ether oxygens (including phenoxy) is 2. The fourth-order valence-electron chi connectivity index (χ4n) is 2.69. The van der Waals surface area contributed by atoms with Gasteiger partial charge in [-0.15, -0.1) is 5.10 Å². The highest BCUT2D eigenvalue weighted by Crippen LogP contribution is 2.36. The standard InChI is InChI=1S/C20H20ClN5O3/c1-4-29-19-16(21)10-13(11-17(19)28-3)8-9-18(27)22-15-7-5-6-14(12-15)20-23-24-25-26(20)2/h5-12H,4H2,1-3H3,(H,22,27)/b9-8+. The monoisotopic (exact) mass is 413 g/mol. The van der Waals surface area contributed by atoms with Gasteiger partial charge in [-0.2, -0.15) is 0 Å². The highest BCUT2D eigenvalue weighted by Gasteiger charge is 2.11. The van der Waals surface area contributed by atoms with Crippen LogP contribution < -0.4 is 14.8 Å². The van der Waals surface area contributed by atoms with Gasteiger partial charge in [0.05, 0.1) is 18.7 Å². The van der Waals surface area contributed by atoms with Crippen LogP contribution in [0, 0.1) is 0 Å². The lowest BCUT2D eigenvalue weighted by Crippen LogP contribution is -2.08. The van der Waals surface area contributed by atoms with Gasteiger partial charge in [0.25, 0.3) is 0 Å². The van der Waals surface area contributed by atoms with Crippen LogP contribution in [0.2, 0.25) is 5.02 Å². The van der Waals surface area contributed by atoms with Crippen molar-refractivity contribution in [3.63, 3.8) is 0 Å². The Kier molecular flexibility index (Phi) is 6.46. The largest absolute Gasteiger partial charge is 0.493 e. The summed E-state index contributed by atoms with van der Waals surface area (Å²) in [6.07, 6.45) is 3.07. The van der Waals surface area contributed by atoms with Crippen molar-refractivity contribution in [1.29, 1.82) is 0 Å². The first-order valence-corrected chi connectivity index (χ1v) is 9.21. The lowest BCUT2D eigenvalue weighted by Gasteiger charge is -2.11. The molecule has 29 heavy (non-hydrogen) atoms. The Labute approximate surface area is 173 Å². The third-order valence-electron chi connectivity index (χ3n) is 3.98. The van der Waals surface area contributed by atoms with Crippen LogP contribution in [0.25, 0.3) is 17.5 Å². The van der Waals surface area contributed by atoms with E-state index >= 15 is 0 Å². The molecule has 0 radical (unpaired) electrons. The molecule has 3 rings (SSSR count). The van der Waals surface area contributed by atoms with Gasteiger partial charge in [-0.3, -0.25) is 4.79 Å². The van der Waals surface area contributed by atoms with Crippen molar-refractivity contribution in [3.8, 4) is 22.9 Å². The van der Waals surface area contributed by atoms with Gasteiger partial charge in [0.15, 0.2) is 17.3 Å². The van der Waals surface area contributed by atoms with E-state index < -0.39 is 0 Å². The van der Waals surface area contributed by atoms with Crippen LogP contribution in [0.15, 0.2) is 42.5 Å². The number of carbonyl (C=O) groups is 1. The summed E-state index contributed by atoms with van der Waals surface area (Å²) >= 11 is 6.26. The van der Waals surface area contributed by atoms with Crippen LogP contribution in [-0.2, 0) is 11.8 Å². The lowest BCUT2D eigenvalue weighted by atomic mass is 10.1. The summed E-state index contributed by atoms with van der Waals surface area (Å²) < 4.78 is 12.4. The molecule has 0 spiro atoms. The number of nitrogens with zero attached hydrogens (tertiary/aromatic N) is 4. The van der Waals surface area contributed by atoms with E-state index in [-0.39, 0.29) is 5.91 Å². The van der Waals surface area contributed by atoms with Crippen molar-refractivity contribution in [2.24, 2.45) is 7.05 Å². The summed E-state index contributed by atoms with van der Waals surface area (Å²) in [7, 11) is 3.29. The number of methoxy groups -OCH3 is 1.